The monoisotopic (exact) mass is 293 g/mol. The fourth-order valence-corrected chi connectivity index (χ4v) is 2.00. The summed E-state index contributed by atoms with van der Waals surface area (Å²) in [6.45, 7) is 3.58. The maximum Gasteiger partial charge on any atom is 0.259 e. The van der Waals surface area contributed by atoms with Gasteiger partial charge in [-0.3, -0.25) is 9.59 Å². The smallest absolute Gasteiger partial charge is 0.259 e. The van der Waals surface area contributed by atoms with Gasteiger partial charge in [0.25, 0.3) is 5.91 Å². The zero-order valence-electron chi connectivity index (χ0n) is 12.7. The van der Waals surface area contributed by atoms with Crippen LogP contribution in [0.5, 0.6) is 0 Å². The first-order valence-corrected chi connectivity index (χ1v) is 7.25. The summed E-state index contributed by atoms with van der Waals surface area (Å²) in [5.74, 6) is -0.789. The van der Waals surface area contributed by atoms with Gasteiger partial charge in [-0.1, -0.05) is 62.4 Å². The number of carbonyl (C=O) groups excluding carboxylic acids is 2. The molecule has 2 rings (SSSR count). The van der Waals surface area contributed by atoms with Crippen LogP contribution in [-0.2, 0) is 9.59 Å². The molecule has 3 nitrogen and oxygen atoms in total. The van der Waals surface area contributed by atoms with Crippen LogP contribution in [-0.4, -0.2) is 11.7 Å². The van der Waals surface area contributed by atoms with Crippen molar-refractivity contribution in [2.45, 2.75) is 13.8 Å². The first-order valence-electron chi connectivity index (χ1n) is 7.25. The first kappa shape index (κ1) is 15.7. The molecule has 22 heavy (non-hydrogen) atoms. The number of para-hydroxylation sites is 1. The Balaban J connectivity index is 2.30. The van der Waals surface area contributed by atoms with E-state index in [0.29, 0.717) is 5.69 Å². The zero-order chi connectivity index (χ0) is 15.9. The van der Waals surface area contributed by atoms with E-state index in [0.717, 1.165) is 5.56 Å². The molecule has 0 unspecified atom stereocenters. The van der Waals surface area contributed by atoms with Gasteiger partial charge in [-0.05, 0) is 23.8 Å². The molecule has 0 saturated heterocycles. The highest BCUT2D eigenvalue weighted by Gasteiger charge is 2.21. The molecule has 1 amide bonds. The molecule has 0 atom stereocenters. The second-order valence-electron chi connectivity index (χ2n) is 5.31. The molecule has 3 heteroatoms. The summed E-state index contributed by atoms with van der Waals surface area (Å²) < 4.78 is 0. The Morgan fingerprint density at radius 3 is 2.00 bits per heavy atom. The van der Waals surface area contributed by atoms with Gasteiger partial charge in [-0.2, -0.15) is 0 Å². The highest BCUT2D eigenvalue weighted by molar-refractivity contribution is 6.26. The standard InChI is InChI=1S/C19H19NO2/c1-14(2)18(21)17(13-15-9-5-3-6-10-15)19(22)20-16-11-7-4-8-12-16/h3-14H,1-2H3,(H,20,22)/b17-13-. The topological polar surface area (TPSA) is 46.2 Å². The number of nitrogens with one attached hydrogen (secondary N) is 1. The number of amides is 1. The summed E-state index contributed by atoms with van der Waals surface area (Å²) in [6.07, 6.45) is 1.64. The number of Topliss-reactive ketones (excluding diaryl/α,β-unsaturated/α-hetero) is 1. The third-order valence-corrected chi connectivity index (χ3v) is 3.18. The van der Waals surface area contributed by atoms with Crippen LogP contribution in [0.2, 0.25) is 0 Å². The van der Waals surface area contributed by atoms with Gasteiger partial charge in [-0.25, -0.2) is 0 Å². The molecule has 0 fully saturated rings. The fraction of sp³-hybridized carbons (Fsp3) is 0.158. The van der Waals surface area contributed by atoms with Gasteiger partial charge < -0.3 is 5.32 Å². The largest absolute Gasteiger partial charge is 0.322 e. The van der Waals surface area contributed by atoms with Crippen LogP contribution in [0.15, 0.2) is 66.2 Å². The van der Waals surface area contributed by atoms with Crippen molar-refractivity contribution in [3.8, 4) is 0 Å². The molecule has 0 aliphatic rings. The van der Waals surface area contributed by atoms with Crippen molar-refractivity contribution in [3.05, 3.63) is 71.8 Å². The molecular formula is C19H19NO2. The zero-order valence-corrected chi connectivity index (χ0v) is 12.7. The summed E-state index contributed by atoms with van der Waals surface area (Å²) in [5.41, 5.74) is 1.67. The van der Waals surface area contributed by atoms with Gasteiger partial charge in [0.1, 0.15) is 0 Å². The highest BCUT2D eigenvalue weighted by Crippen LogP contribution is 2.15. The molecular weight excluding hydrogens is 274 g/mol. The van der Waals surface area contributed by atoms with Crippen molar-refractivity contribution in [1.82, 2.24) is 0 Å². The lowest BCUT2D eigenvalue weighted by Gasteiger charge is -2.10. The number of carbonyl (C=O) groups is 2. The third-order valence-electron chi connectivity index (χ3n) is 3.18. The van der Waals surface area contributed by atoms with Crippen LogP contribution in [0.25, 0.3) is 6.08 Å². The average Bonchev–Trinajstić information content (AvgIpc) is 2.53. The van der Waals surface area contributed by atoms with Crippen molar-refractivity contribution in [2.24, 2.45) is 5.92 Å². The number of hydrogen-bond donors (Lipinski definition) is 1. The van der Waals surface area contributed by atoms with Crippen LogP contribution < -0.4 is 5.32 Å². The molecule has 0 radical (unpaired) electrons. The minimum Gasteiger partial charge on any atom is -0.322 e. The summed E-state index contributed by atoms with van der Waals surface area (Å²) in [7, 11) is 0. The van der Waals surface area contributed by atoms with E-state index in [9.17, 15) is 9.59 Å². The molecule has 0 aromatic heterocycles. The Labute approximate surface area is 130 Å². The van der Waals surface area contributed by atoms with Crippen LogP contribution in [0, 0.1) is 5.92 Å². The van der Waals surface area contributed by atoms with Gasteiger partial charge in [0.05, 0.1) is 5.57 Å². The van der Waals surface area contributed by atoms with Crippen molar-refractivity contribution < 1.29 is 9.59 Å². The van der Waals surface area contributed by atoms with E-state index in [1.807, 2.05) is 48.5 Å². The summed E-state index contributed by atoms with van der Waals surface area (Å²) in [5, 5.41) is 2.77. The lowest BCUT2D eigenvalue weighted by atomic mass is 9.98. The van der Waals surface area contributed by atoms with E-state index in [1.165, 1.54) is 0 Å². The minimum absolute atomic E-state index is 0.169. The molecule has 0 aliphatic carbocycles. The average molecular weight is 293 g/mol. The van der Waals surface area contributed by atoms with Crippen molar-refractivity contribution in [3.63, 3.8) is 0 Å². The summed E-state index contributed by atoms with van der Waals surface area (Å²) >= 11 is 0. The van der Waals surface area contributed by atoms with Crippen molar-refractivity contribution in [1.29, 1.82) is 0 Å². The molecule has 0 bridgehead atoms. The predicted molar refractivity (Wildman–Crippen MR) is 89.3 cm³/mol. The number of ketones is 1. The normalized spacial score (nSPS) is 11.3. The Morgan fingerprint density at radius 2 is 1.45 bits per heavy atom. The molecule has 112 valence electrons. The van der Waals surface area contributed by atoms with Gasteiger partial charge in [0, 0.05) is 11.6 Å². The van der Waals surface area contributed by atoms with Gasteiger partial charge >= 0.3 is 0 Å². The number of anilines is 1. The van der Waals surface area contributed by atoms with E-state index in [-0.39, 0.29) is 23.2 Å². The van der Waals surface area contributed by atoms with Gasteiger partial charge in [0.15, 0.2) is 5.78 Å². The summed E-state index contributed by atoms with van der Waals surface area (Å²) in [4.78, 5) is 24.8. The maximum absolute atomic E-state index is 12.5. The van der Waals surface area contributed by atoms with Crippen molar-refractivity contribution in [2.75, 3.05) is 5.32 Å². The molecule has 0 saturated carbocycles. The van der Waals surface area contributed by atoms with E-state index >= 15 is 0 Å². The van der Waals surface area contributed by atoms with E-state index in [4.69, 9.17) is 0 Å². The Kier molecular flexibility index (Phi) is 5.26. The summed E-state index contributed by atoms with van der Waals surface area (Å²) in [6, 6.07) is 18.5. The van der Waals surface area contributed by atoms with Gasteiger partial charge in [0.2, 0.25) is 0 Å². The quantitative estimate of drug-likeness (QED) is 0.516. The Morgan fingerprint density at radius 1 is 0.909 bits per heavy atom. The number of hydrogen-bond acceptors (Lipinski definition) is 2. The fourth-order valence-electron chi connectivity index (χ4n) is 2.00. The first-order chi connectivity index (χ1) is 10.6. The molecule has 0 spiro atoms. The van der Waals surface area contributed by atoms with E-state index < -0.39 is 0 Å². The second-order valence-corrected chi connectivity index (χ2v) is 5.31. The molecule has 2 aromatic carbocycles. The molecule has 1 N–H and O–H groups in total. The predicted octanol–water partition coefficient (Wildman–Crippen LogP) is 3.93. The second kappa shape index (κ2) is 7.36. The minimum atomic E-state index is -0.381. The van der Waals surface area contributed by atoms with Gasteiger partial charge in [-0.15, -0.1) is 0 Å². The van der Waals surface area contributed by atoms with Crippen LogP contribution in [0.4, 0.5) is 5.69 Å². The third kappa shape index (κ3) is 4.16. The molecule has 0 heterocycles. The van der Waals surface area contributed by atoms with Crippen LogP contribution >= 0.6 is 0 Å². The van der Waals surface area contributed by atoms with E-state index in [2.05, 4.69) is 5.32 Å². The van der Waals surface area contributed by atoms with Crippen LogP contribution in [0.1, 0.15) is 19.4 Å². The van der Waals surface area contributed by atoms with Crippen LogP contribution in [0.3, 0.4) is 0 Å². The lowest BCUT2D eigenvalue weighted by molar-refractivity contribution is -0.121. The SMILES string of the molecule is CC(C)C(=O)/C(=C/c1ccccc1)C(=O)Nc1ccccc1. The highest BCUT2D eigenvalue weighted by atomic mass is 16.2. The Bertz CT molecular complexity index is 673. The maximum atomic E-state index is 12.5. The molecule has 0 aliphatic heterocycles. The number of benzene rings is 2. The van der Waals surface area contributed by atoms with Crippen molar-refractivity contribution >= 4 is 23.5 Å². The molecule has 2 aromatic rings. The number of rotatable bonds is 5. The lowest BCUT2D eigenvalue weighted by Crippen LogP contribution is -2.23. The Hall–Kier alpha value is -2.68. The van der Waals surface area contributed by atoms with E-state index in [1.54, 1.807) is 32.1 Å².